The Bertz CT molecular complexity index is 976. The Morgan fingerprint density at radius 1 is 1.08 bits per heavy atom. The Hall–Kier alpha value is -3.06. The largest absolute Gasteiger partial charge is 0.496 e. The molecule has 0 saturated heterocycles. The van der Waals surface area contributed by atoms with Gasteiger partial charge in [-0.25, -0.2) is 4.79 Å². The zero-order valence-electron chi connectivity index (χ0n) is 14.9. The standard InChI is InChI=1S/C19H22N4O3/c1-11(14-6-4-5-7-17(14)26-3)20-12(2)18(24)21-13-8-9-15-16(10-13)23-19(25)22-15/h4-12,20H,1-3H3,(H,21,24)(H2,22,23,25)/t11-,12+/m1/s1. The van der Waals surface area contributed by atoms with E-state index in [9.17, 15) is 9.59 Å². The van der Waals surface area contributed by atoms with E-state index in [2.05, 4.69) is 20.6 Å². The Morgan fingerprint density at radius 2 is 1.81 bits per heavy atom. The van der Waals surface area contributed by atoms with Crippen LogP contribution in [0.5, 0.6) is 5.75 Å². The highest BCUT2D eigenvalue weighted by Crippen LogP contribution is 2.24. The normalized spacial score (nSPS) is 13.3. The van der Waals surface area contributed by atoms with Gasteiger partial charge in [0, 0.05) is 17.3 Å². The molecule has 136 valence electrons. The molecule has 0 radical (unpaired) electrons. The second-order valence-electron chi connectivity index (χ2n) is 6.18. The van der Waals surface area contributed by atoms with Gasteiger partial charge in [0.1, 0.15) is 5.75 Å². The molecule has 0 aliphatic heterocycles. The molecule has 1 aromatic heterocycles. The van der Waals surface area contributed by atoms with Gasteiger partial charge in [-0.15, -0.1) is 0 Å². The Labute approximate surface area is 150 Å². The number of ether oxygens (including phenoxy) is 1. The fraction of sp³-hybridized carbons (Fsp3) is 0.263. The van der Waals surface area contributed by atoms with Gasteiger partial charge in [0.25, 0.3) is 0 Å². The van der Waals surface area contributed by atoms with Crippen molar-refractivity contribution in [3.63, 3.8) is 0 Å². The van der Waals surface area contributed by atoms with Crippen LogP contribution in [0.3, 0.4) is 0 Å². The van der Waals surface area contributed by atoms with Crippen molar-refractivity contribution in [1.82, 2.24) is 15.3 Å². The van der Waals surface area contributed by atoms with Crippen LogP contribution in [-0.4, -0.2) is 29.0 Å². The molecule has 0 aliphatic carbocycles. The van der Waals surface area contributed by atoms with Crippen molar-refractivity contribution in [2.75, 3.05) is 12.4 Å². The number of carbonyl (C=O) groups excluding carboxylic acids is 1. The number of amides is 1. The molecule has 0 aliphatic rings. The smallest absolute Gasteiger partial charge is 0.323 e. The first kappa shape index (κ1) is 17.8. The first-order valence-electron chi connectivity index (χ1n) is 8.40. The van der Waals surface area contributed by atoms with E-state index in [0.29, 0.717) is 16.7 Å². The summed E-state index contributed by atoms with van der Waals surface area (Å²) in [6.45, 7) is 3.79. The molecular formula is C19H22N4O3. The number of rotatable bonds is 6. The third kappa shape index (κ3) is 3.78. The van der Waals surface area contributed by atoms with Gasteiger partial charge >= 0.3 is 5.69 Å². The van der Waals surface area contributed by atoms with E-state index in [0.717, 1.165) is 11.3 Å². The number of nitrogens with one attached hydrogen (secondary N) is 4. The third-order valence-electron chi connectivity index (χ3n) is 4.28. The number of aromatic nitrogens is 2. The van der Waals surface area contributed by atoms with Gasteiger partial charge in [-0.1, -0.05) is 18.2 Å². The maximum absolute atomic E-state index is 12.5. The summed E-state index contributed by atoms with van der Waals surface area (Å²) in [6, 6.07) is 12.5. The summed E-state index contributed by atoms with van der Waals surface area (Å²) in [5, 5.41) is 6.14. The van der Waals surface area contributed by atoms with Crippen LogP contribution in [0.4, 0.5) is 5.69 Å². The lowest BCUT2D eigenvalue weighted by molar-refractivity contribution is -0.117. The average molecular weight is 354 g/mol. The number of methoxy groups -OCH3 is 1. The van der Waals surface area contributed by atoms with Gasteiger partial charge in [-0.05, 0) is 38.1 Å². The molecule has 0 bridgehead atoms. The van der Waals surface area contributed by atoms with E-state index in [-0.39, 0.29) is 17.6 Å². The molecule has 2 atom stereocenters. The SMILES string of the molecule is COc1ccccc1[C@@H](C)N[C@@H](C)C(=O)Nc1ccc2[nH]c(=O)[nH]c2c1. The summed E-state index contributed by atoms with van der Waals surface area (Å²) in [5.74, 6) is 0.617. The van der Waals surface area contributed by atoms with Crippen molar-refractivity contribution in [3.8, 4) is 5.75 Å². The lowest BCUT2D eigenvalue weighted by atomic mass is 10.1. The van der Waals surface area contributed by atoms with Crippen molar-refractivity contribution in [3.05, 3.63) is 58.5 Å². The van der Waals surface area contributed by atoms with Crippen LogP contribution in [0.15, 0.2) is 47.3 Å². The van der Waals surface area contributed by atoms with E-state index in [1.165, 1.54) is 0 Å². The molecule has 0 spiro atoms. The fourth-order valence-electron chi connectivity index (χ4n) is 2.93. The van der Waals surface area contributed by atoms with Crippen LogP contribution in [-0.2, 0) is 4.79 Å². The van der Waals surface area contributed by atoms with Crippen LogP contribution in [0.25, 0.3) is 11.0 Å². The molecule has 0 saturated carbocycles. The topological polar surface area (TPSA) is 99.0 Å². The number of aromatic amines is 2. The molecule has 1 amide bonds. The van der Waals surface area contributed by atoms with Crippen LogP contribution in [0.2, 0.25) is 0 Å². The molecular weight excluding hydrogens is 332 g/mol. The van der Waals surface area contributed by atoms with Gasteiger partial charge in [0.05, 0.1) is 24.2 Å². The van der Waals surface area contributed by atoms with Crippen molar-refractivity contribution in [1.29, 1.82) is 0 Å². The number of hydrogen-bond acceptors (Lipinski definition) is 4. The summed E-state index contributed by atoms with van der Waals surface area (Å²) < 4.78 is 5.37. The van der Waals surface area contributed by atoms with Crippen LogP contribution < -0.4 is 21.1 Å². The summed E-state index contributed by atoms with van der Waals surface area (Å²) in [7, 11) is 1.63. The van der Waals surface area contributed by atoms with E-state index in [1.807, 2.05) is 31.2 Å². The maximum Gasteiger partial charge on any atom is 0.323 e. The van der Waals surface area contributed by atoms with Crippen LogP contribution in [0.1, 0.15) is 25.5 Å². The minimum Gasteiger partial charge on any atom is -0.496 e. The van der Waals surface area contributed by atoms with E-state index < -0.39 is 6.04 Å². The van der Waals surface area contributed by atoms with Crippen molar-refractivity contribution >= 4 is 22.6 Å². The zero-order chi connectivity index (χ0) is 18.7. The van der Waals surface area contributed by atoms with E-state index in [1.54, 1.807) is 32.2 Å². The number of benzene rings is 2. The minimum absolute atomic E-state index is 0.0598. The third-order valence-corrected chi connectivity index (χ3v) is 4.28. The van der Waals surface area contributed by atoms with Crippen LogP contribution >= 0.6 is 0 Å². The summed E-state index contributed by atoms with van der Waals surface area (Å²) >= 11 is 0. The number of anilines is 1. The van der Waals surface area contributed by atoms with Gasteiger partial charge in [-0.2, -0.15) is 0 Å². The summed E-state index contributed by atoms with van der Waals surface area (Å²) in [6.07, 6.45) is 0. The molecule has 0 fully saturated rings. The van der Waals surface area contributed by atoms with Gasteiger partial charge in [0.15, 0.2) is 0 Å². The second-order valence-corrected chi connectivity index (χ2v) is 6.18. The lowest BCUT2D eigenvalue weighted by Gasteiger charge is -2.21. The summed E-state index contributed by atoms with van der Waals surface area (Å²) in [5.41, 5.74) is 2.68. The highest BCUT2D eigenvalue weighted by molar-refractivity contribution is 5.96. The molecule has 26 heavy (non-hydrogen) atoms. The Morgan fingerprint density at radius 3 is 2.58 bits per heavy atom. The molecule has 1 heterocycles. The van der Waals surface area contributed by atoms with Crippen LogP contribution in [0, 0.1) is 0 Å². The zero-order valence-corrected chi connectivity index (χ0v) is 14.9. The van der Waals surface area contributed by atoms with E-state index in [4.69, 9.17) is 4.74 Å². The second kappa shape index (κ2) is 7.45. The molecule has 2 aromatic carbocycles. The maximum atomic E-state index is 12.5. The Balaban J connectivity index is 1.67. The predicted molar refractivity (Wildman–Crippen MR) is 102 cm³/mol. The number of hydrogen-bond donors (Lipinski definition) is 4. The highest BCUT2D eigenvalue weighted by Gasteiger charge is 2.18. The predicted octanol–water partition coefficient (Wildman–Crippen LogP) is 2.54. The van der Waals surface area contributed by atoms with Gasteiger partial charge < -0.3 is 20.0 Å². The molecule has 4 N–H and O–H groups in total. The quantitative estimate of drug-likeness (QED) is 0.547. The van der Waals surface area contributed by atoms with Gasteiger partial charge in [-0.3, -0.25) is 10.1 Å². The Kier molecular flexibility index (Phi) is 5.09. The molecule has 3 rings (SSSR count). The van der Waals surface area contributed by atoms with Crippen molar-refractivity contribution in [2.45, 2.75) is 25.9 Å². The lowest BCUT2D eigenvalue weighted by Crippen LogP contribution is -2.39. The number of H-pyrrole nitrogens is 2. The van der Waals surface area contributed by atoms with Crippen molar-refractivity contribution < 1.29 is 9.53 Å². The molecule has 0 unspecified atom stereocenters. The average Bonchev–Trinajstić information content (AvgIpc) is 3.00. The first-order chi connectivity index (χ1) is 12.5. The van der Waals surface area contributed by atoms with Crippen molar-refractivity contribution in [2.24, 2.45) is 0 Å². The minimum atomic E-state index is -0.420. The number of carbonyl (C=O) groups is 1. The summed E-state index contributed by atoms with van der Waals surface area (Å²) in [4.78, 5) is 29.2. The monoisotopic (exact) mass is 354 g/mol. The fourth-order valence-corrected chi connectivity index (χ4v) is 2.93. The number of fused-ring (bicyclic) bond motifs is 1. The van der Waals surface area contributed by atoms with E-state index >= 15 is 0 Å². The first-order valence-corrected chi connectivity index (χ1v) is 8.40. The molecule has 7 heteroatoms. The van der Waals surface area contributed by atoms with Gasteiger partial charge in [0.2, 0.25) is 5.91 Å². The molecule has 7 nitrogen and oxygen atoms in total. The number of imidazole rings is 1. The highest BCUT2D eigenvalue weighted by atomic mass is 16.5. The molecule has 3 aromatic rings. The number of para-hydroxylation sites is 1.